The molecule has 11 heteroatoms. The lowest BCUT2D eigenvalue weighted by molar-refractivity contribution is -0.0230. The van der Waals surface area contributed by atoms with E-state index in [9.17, 15) is 9.18 Å². The average Bonchev–Trinajstić information content (AvgIpc) is 3.50. The van der Waals surface area contributed by atoms with Crippen molar-refractivity contribution in [3.05, 3.63) is 72.8 Å². The molecule has 0 bridgehead atoms. The first-order chi connectivity index (χ1) is 17.1. The number of carbonyl (C=O) groups excluding carboxylic acids is 1. The van der Waals surface area contributed by atoms with Gasteiger partial charge in [-0.1, -0.05) is 12.1 Å². The maximum atomic E-state index is 13.6. The first-order valence-electron chi connectivity index (χ1n) is 11.2. The van der Waals surface area contributed by atoms with E-state index in [-0.39, 0.29) is 24.8 Å². The van der Waals surface area contributed by atoms with Gasteiger partial charge in [-0.2, -0.15) is 0 Å². The van der Waals surface area contributed by atoms with Crippen LogP contribution in [0, 0.1) is 5.82 Å². The first-order valence-corrected chi connectivity index (χ1v) is 11.2. The van der Waals surface area contributed by atoms with E-state index in [1.54, 1.807) is 36.9 Å². The standard InChI is InChI=1S/C24H24FN7O3/c1-31(12-16-4-2-5-17(25)10-16)22-21-23(28-14-27-22)32(15-29-21)20-8-7-19(35-20)13-34-24(33)30-18-6-3-9-26-11-18/h2-6,9-11,14-15,19-20H,7-8,12-13H2,1H3,(H,30,33)/t19-,20?/m0/s1. The van der Waals surface area contributed by atoms with Crippen molar-refractivity contribution in [2.24, 2.45) is 0 Å². The number of hydrogen-bond acceptors (Lipinski definition) is 8. The summed E-state index contributed by atoms with van der Waals surface area (Å²) >= 11 is 0. The number of carbonyl (C=O) groups is 1. The Bertz CT molecular complexity index is 1320. The van der Waals surface area contributed by atoms with E-state index in [0.717, 1.165) is 18.4 Å². The monoisotopic (exact) mass is 477 g/mol. The zero-order valence-corrected chi connectivity index (χ0v) is 19.0. The van der Waals surface area contributed by atoms with Crippen LogP contribution < -0.4 is 10.2 Å². The number of halogens is 1. The number of nitrogens with zero attached hydrogens (tertiary/aromatic N) is 6. The summed E-state index contributed by atoms with van der Waals surface area (Å²) < 4.78 is 26.9. The van der Waals surface area contributed by atoms with Crippen LogP contribution in [0.5, 0.6) is 0 Å². The van der Waals surface area contributed by atoms with Crippen LogP contribution in [0.4, 0.5) is 20.7 Å². The number of rotatable bonds is 7. The lowest BCUT2D eigenvalue weighted by atomic mass is 10.2. The summed E-state index contributed by atoms with van der Waals surface area (Å²) in [5, 5.41) is 2.63. The van der Waals surface area contributed by atoms with Gasteiger partial charge < -0.3 is 14.4 Å². The third-order valence-electron chi connectivity index (χ3n) is 5.71. The Morgan fingerprint density at radius 2 is 2.17 bits per heavy atom. The molecule has 5 rings (SSSR count). The Labute approximate surface area is 200 Å². The van der Waals surface area contributed by atoms with Crippen LogP contribution in [0.2, 0.25) is 0 Å². The van der Waals surface area contributed by atoms with Gasteiger partial charge in [-0.3, -0.25) is 14.9 Å². The molecular weight excluding hydrogens is 453 g/mol. The number of hydrogen-bond donors (Lipinski definition) is 1. The lowest BCUT2D eigenvalue weighted by Crippen LogP contribution is -2.22. The largest absolute Gasteiger partial charge is 0.447 e. The molecule has 1 unspecified atom stereocenters. The molecule has 180 valence electrons. The Kier molecular flexibility index (Phi) is 6.49. The van der Waals surface area contributed by atoms with Crippen LogP contribution in [0.25, 0.3) is 11.2 Å². The van der Waals surface area contributed by atoms with Crippen LogP contribution in [0.15, 0.2) is 61.4 Å². The molecule has 1 aliphatic rings. The third-order valence-corrected chi connectivity index (χ3v) is 5.71. The summed E-state index contributed by atoms with van der Waals surface area (Å²) in [6.07, 6.45) is 6.69. The fraction of sp³-hybridized carbons (Fsp3) is 0.292. The van der Waals surface area contributed by atoms with Crippen molar-refractivity contribution in [3.63, 3.8) is 0 Å². The Balaban J connectivity index is 1.22. The molecule has 4 aromatic rings. The van der Waals surface area contributed by atoms with Gasteiger partial charge >= 0.3 is 6.09 Å². The number of pyridine rings is 1. The van der Waals surface area contributed by atoms with Crippen molar-refractivity contribution in [1.29, 1.82) is 0 Å². The minimum atomic E-state index is -0.558. The number of ether oxygens (including phenoxy) is 2. The van der Waals surface area contributed by atoms with Crippen LogP contribution >= 0.6 is 0 Å². The number of fused-ring (bicyclic) bond motifs is 1. The van der Waals surface area contributed by atoms with Gasteiger partial charge in [0, 0.05) is 19.8 Å². The predicted molar refractivity (Wildman–Crippen MR) is 126 cm³/mol. The maximum absolute atomic E-state index is 13.6. The van der Waals surface area contributed by atoms with Gasteiger partial charge in [-0.25, -0.2) is 24.1 Å². The van der Waals surface area contributed by atoms with Crippen LogP contribution in [0.1, 0.15) is 24.6 Å². The highest BCUT2D eigenvalue weighted by molar-refractivity contribution is 5.84. The summed E-state index contributed by atoms with van der Waals surface area (Å²) in [5.74, 6) is 0.363. The predicted octanol–water partition coefficient (Wildman–Crippen LogP) is 3.92. The zero-order valence-electron chi connectivity index (χ0n) is 19.0. The first kappa shape index (κ1) is 22.7. The molecule has 0 saturated carbocycles. The highest BCUT2D eigenvalue weighted by atomic mass is 19.1. The number of imidazole rings is 1. The van der Waals surface area contributed by atoms with Gasteiger partial charge in [0.25, 0.3) is 0 Å². The van der Waals surface area contributed by atoms with Gasteiger partial charge in [0.05, 0.1) is 24.3 Å². The molecule has 0 aliphatic carbocycles. The molecule has 0 radical (unpaired) electrons. The summed E-state index contributed by atoms with van der Waals surface area (Å²) in [6, 6.07) is 9.92. The molecule has 2 atom stereocenters. The molecule has 1 fully saturated rings. The van der Waals surface area contributed by atoms with Crippen molar-refractivity contribution in [3.8, 4) is 0 Å². The number of amides is 1. The third kappa shape index (κ3) is 5.19. The number of nitrogens with one attached hydrogen (secondary N) is 1. The molecule has 1 aromatic carbocycles. The Hall–Kier alpha value is -4.12. The molecule has 1 amide bonds. The summed E-state index contributed by atoms with van der Waals surface area (Å²) in [6.45, 7) is 0.600. The maximum Gasteiger partial charge on any atom is 0.411 e. The molecule has 3 aromatic heterocycles. The second-order valence-electron chi connectivity index (χ2n) is 8.26. The quantitative estimate of drug-likeness (QED) is 0.427. The average molecular weight is 478 g/mol. The van der Waals surface area contributed by atoms with Crippen LogP contribution in [-0.2, 0) is 16.0 Å². The van der Waals surface area contributed by atoms with Gasteiger partial charge in [0.2, 0.25) is 0 Å². The van der Waals surface area contributed by atoms with E-state index in [0.29, 0.717) is 29.2 Å². The number of aromatic nitrogens is 5. The molecule has 4 heterocycles. The van der Waals surface area contributed by atoms with Gasteiger partial charge in [0.15, 0.2) is 17.0 Å². The van der Waals surface area contributed by atoms with Gasteiger partial charge in [-0.05, 0) is 42.7 Å². The molecule has 1 N–H and O–H groups in total. The van der Waals surface area contributed by atoms with Gasteiger partial charge in [-0.15, -0.1) is 0 Å². The highest BCUT2D eigenvalue weighted by Gasteiger charge is 2.29. The van der Waals surface area contributed by atoms with E-state index in [2.05, 4.69) is 25.3 Å². The molecule has 35 heavy (non-hydrogen) atoms. The van der Waals surface area contributed by atoms with Crippen LogP contribution in [0.3, 0.4) is 0 Å². The smallest absolute Gasteiger partial charge is 0.411 e. The van der Waals surface area contributed by atoms with Crippen LogP contribution in [-0.4, -0.2) is 50.4 Å². The van der Waals surface area contributed by atoms with E-state index in [1.807, 2.05) is 22.6 Å². The molecule has 0 spiro atoms. The van der Waals surface area contributed by atoms with Gasteiger partial charge in [0.1, 0.15) is 25.0 Å². The second kappa shape index (κ2) is 10.0. The fourth-order valence-electron chi connectivity index (χ4n) is 4.09. The van der Waals surface area contributed by atoms with E-state index in [4.69, 9.17) is 9.47 Å². The number of benzene rings is 1. The fourth-order valence-corrected chi connectivity index (χ4v) is 4.09. The summed E-state index contributed by atoms with van der Waals surface area (Å²) in [7, 11) is 1.88. The molecule has 1 aliphatic heterocycles. The SMILES string of the molecule is CN(Cc1cccc(F)c1)c1ncnc2c1ncn2C1CC[C@@H](COC(=O)Nc2cccnc2)O1. The van der Waals surface area contributed by atoms with E-state index >= 15 is 0 Å². The van der Waals surface area contributed by atoms with Crippen molar-refractivity contribution in [1.82, 2.24) is 24.5 Å². The molecule has 10 nitrogen and oxygen atoms in total. The topological polar surface area (TPSA) is 107 Å². The Morgan fingerprint density at radius 3 is 3.00 bits per heavy atom. The lowest BCUT2D eigenvalue weighted by Gasteiger charge is -2.19. The van der Waals surface area contributed by atoms with Crippen molar-refractivity contribution >= 4 is 28.8 Å². The summed E-state index contributed by atoms with van der Waals surface area (Å²) in [4.78, 5) is 31.2. The molecular formula is C24H24FN7O3. The minimum absolute atomic E-state index is 0.131. The summed E-state index contributed by atoms with van der Waals surface area (Å²) in [5.41, 5.74) is 2.66. The molecule has 1 saturated heterocycles. The van der Waals surface area contributed by atoms with Crippen molar-refractivity contribution in [2.75, 3.05) is 23.9 Å². The van der Waals surface area contributed by atoms with Crippen molar-refractivity contribution in [2.45, 2.75) is 31.7 Å². The van der Waals surface area contributed by atoms with E-state index < -0.39 is 6.09 Å². The Morgan fingerprint density at radius 1 is 1.26 bits per heavy atom. The number of anilines is 2. The zero-order chi connectivity index (χ0) is 24.2. The van der Waals surface area contributed by atoms with E-state index in [1.165, 1.54) is 18.5 Å². The second-order valence-corrected chi connectivity index (χ2v) is 8.26. The normalized spacial score (nSPS) is 17.4. The van der Waals surface area contributed by atoms with Crippen molar-refractivity contribution < 1.29 is 18.7 Å². The minimum Gasteiger partial charge on any atom is -0.447 e. The highest BCUT2D eigenvalue weighted by Crippen LogP contribution is 2.32.